The molecule has 0 atom stereocenters. The minimum absolute atomic E-state index is 0.172. The molecule has 0 aromatic heterocycles. The molecule has 0 heterocycles. The highest BCUT2D eigenvalue weighted by atomic mass is 19.4. The number of benzene rings is 1. The molecule has 6 heteroatoms. The number of carbonyl (C=O) groups excluding carboxylic acids is 1. The summed E-state index contributed by atoms with van der Waals surface area (Å²) < 4.78 is 36.5. The maximum absolute atomic E-state index is 12.2. The summed E-state index contributed by atoms with van der Waals surface area (Å²) in [5.41, 5.74) is 6.19. The number of carbonyl (C=O) groups is 1. The average Bonchev–Trinajstić information content (AvgIpc) is 2.26. The van der Waals surface area contributed by atoms with Gasteiger partial charge in [0.25, 0.3) is 0 Å². The van der Waals surface area contributed by atoms with Crippen molar-refractivity contribution in [1.82, 2.24) is 0 Å². The summed E-state index contributed by atoms with van der Waals surface area (Å²) in [6, 6.07) is 6.10. The van der Waals surface area contributed by atoms with E-state index in [2.05, 4.69) is 0 Å². The van der Waals surface area contributed by atoms with Gasteiger partial charge in [-0.25, -0.2) is 0 Å². The summed E-state index contributed by atoms with van der Waals surface area (Å²) >= 11 is 0. The van der Waals surface area contributed by atoms with Crippen LogP contribution in [0, 0.1) is 0 Å². The van der Waals surface area contributed by atoms with Crippen LogP contribution in [-0.2, 0) is 11.3 Å². The highest BCUT2D eigenvalue weighted by Gasteiger charge is 2.41. The second-order valence-electron chi connectivity index (χ2n) is 3.24. The molecule has 1 rings (SSSR count). The molecule has 1 aromatic carbocycles. The summed E-state index contributed by atoms with van der Waals surface area (Å²) in [6.45, 7) is 0.210. The van der Waals surface area contributed by atoms with Crippen molar-refractivity contribution in [2.75, 3.05) is 11.9 Å². The summed E-state index contributed by atoms with van der Waals surface area (Å²) in [6.07, 6.45) is -4.87. The van der Waals surface area contributed by atoms with E-state index in [1.807, 2.05) is 0 Å². The van der Waals surface area contributed by atoms with Gasteiger partial charge in [-0.15, -0.1) is 0 Å². The topological polar surface area (TPSA) is 46.3 Å². The fraction of sp³-hybridized carbons (Fsp3) is 0.300. The second-order valence-corrected chi connectivity index (χ2v) is 3.24. The number of nitrogens with two attached hydrogens (primary N) is 1. The monoisotopic (exact) mass is 232 g/mol. The van der Waals surface area contributed by atoms with Gasteiger partial charge in [-0.2, -0.15) is 13.2 Å². The second kappa shape index (κ2) is 4.52. The van der Waals surface area contributed by atoms with E-state index in [-0.39, 0.29) is 12.2 Å². The molecule has 0 aliphatic rings. The minimum atomic E-state index is -4.87. The van der Waals surface area contributed by atoms with Gasteiger partial charge in [-0.1, -0.05) is 12.1 Å². The molecule has 88 valence electrons. The molecular weight excluding hydrogens is 221 g/mol. The van der Waals surface area contributed by atoms with E-state index in [4.69, 9.17) is 5.73 Å². The number of hydrogen-bond donors (Lipinski definition) is 1. The fourth-order valence-electron chi connectivity index (χ4n) is 1.20. The molecule has 0 radical (unpaired) electrons. The highest BCUT2D eigenvalue weighted by Crippen LogP contribution is 2.22. The third-order valence-electron chi connectivity index (χ3n) is 2.08. The van der Waals surface area contributed by atoms with Gasteiger partial charge in [0.2, 0.25) is 0 Å². The molecule has 1 amide bonds. The van der Waals surface area contributed by atoms with E-state index in [9.17, 15) is 18.0 Å². The maximum atomic E-state index is 12.2. The lowest BCUT2D eigenvalue weighted by atomic mass is 10.2. The number of anilines is 1. The molecule has 0 saturated heterocycles. The Morgan fingerprint density at radius 1 is 1.44 bits per heavy atom. The Kier molecular flexibility index (Phi) is 3.54. The Morgan fingerprint density at radius 3 is 2.56 bits per heavy atom. The number of halogens is 3. The van der Waals surface area contributed by atoms with Gasteiger partial charge >= 0.3 is 12.1 Å². The molecule has 0 aliphatic heterocycles. The van der Waals surface area contributed by atoms with E-state index < -0.39 is 12.1 Å². The van der Waals surface area contributed by atoms with Crippen molar-refractivity contribution in [2.45, 2.75) is 12.7 Å². The molecule has 0 unspecified atom stereocenters. The number of alkyl halides is 3. The van der Waals surface area contributed by atoms with Crippen LogP contribution in [0.2, 0.25) is 0 Å². The number of hydrogen-bond acceptors (Lipinski definition) is 2. The molecular formula is C10H11F3N2O. The lowest BCUT2D eigenvalue weighted by Crippen LogP contribution is -2.38. The van der Waals surface area contributed by atoms with Gasteiger partial charge < -0.3 is 10.6 Å². The smallest absolute Gasteiger partial charge is 0.326 e. The highest BCUT2D eigenvalue weighted by molar-refractivity contribution is 5.96. The van der Waals surface area contributed by atoms with Crippen LogP contribution in [0.5, 0.6) is 0 Å². The summed E-state index contributed by atoms with van der Waals surface area (Å²) in [7, 11) is 1.07. The third kappa shape index (κ3) is 2.73. The molecule has 0 fully saturated rings. The molecule has 0 saturated carbocycles. The van der Waals surface area contributed by atoms with E-state index >= 15 is 0 Å². The van der Waals surface area contributed by atoms with Gasteiger partial charge in [0, 0.05) is 19.3 Å². The van der Waals surface area contributed by atoms with E-state index in [1.54, 1.807) is 12.1 Å². The van der Waals surface area contributed by atoms with Crippen LogP contribution in [0.15, 0.2) is 24.3 Å². The van der Waals surface area contributed by atoms with Crippen molar-refractivity contribution >= 4 is 11.6 Å². The van der Waals surface area contributed by atoms with E-state index in [0.29, 0.717) is 10.5 Å². The first kappa shape index (κ1) is 12.5. The van der Waals surface area contributed by atoms with Crippen molar-refractivity contribution in [3.63, 3.8) is 0 Å². The van der Waals surface area contributed by atoms with Crippen LogP contribution < -0.4 is 10.6 Å². The Balaban J connectivity index is 2.96. The maximum Gasteiger partial charge on any atom is 0.471 e. The first-order valence-corrected chi connectivity index (χ1v) is 4.50. The van der Waals surface area contributed by atoms with Crippen LogP contribution in [0.4, 0.5) is 18.9 Å². The molecule has 2 N–H and O–H groups in total. The predicted molar refractivity (Wildman–Crippen MR) is 53.8 cm³/mol. The molecule has 0 aliphatic carbocycles. The van der Waals surface area contributed by atoms with Crippen LogP contribution in [-0.4, -0.2) is 19.1 Å². The molecule has 0 bridgehead atoms. The summed E-state index contributed by atoms with van der Waals surface area (Å²) in [5, 5.41) is 0. The molecule has 3 nitrogen and oxygen atoms in total. The third-order valence-corrected chi connectivity index (χ3v) is 2.08. The van der Waals surface area contributed by atoms with Crippen LogP contribution >= 0.6 is 0 Å². The van der Waals surface area contributed by atoms with E-state index in [0.717, 1.165) is 7.05 Å². The Hall–Kier alpha value is -1.56. The molecule has 1 aromatic rings. The normalized spacial score (nSPS) is 11.3. The zero-order valence-corrected chi connectivity index (χ0v) is 8.58. The minimum Gasteiger partial charge on any atom is -0.326 e. The number of amides is 1. The Labute approximate surface area is 90.6 Å². The van der Waals surface area contributed by atoms with Gasteiger partial charge in [0.15, 0.2) is 0 Å². The lowest BCUT2D eigenvalue weighted by molar-refractivity contribution is -0.170. The van der Waals surface area contributed by atoms with Crippen LogP contribution in [0.25, 0.3) is 0 Å². The average molecular weight is 232 g/mol. The van der Waals surface area contributed by atoms with Crippen LogP contribution in [0.1, 0.15) is 5.56 Å². The summed E-state index contributed by atoms with van der Waals surface area (Å²) in [4.78, 5) is 11.5. The van der Waals surface area contributed by atoms with E-state index in [1.165, 1.54) is 12.1 Å². The SMILES string of the molecule is CN(C(=O)C(F)(F)F)c1cccc(CN)c1. The fourth-order valence-corrected chi connectivity index (χ4v) is 1.20. The lowest BCUT2D eigenvalue weighted by Gasteiger charge is -2.19. The largest absolute Gasteiger partial charge is 0.471 e. The first-order chi connectivity index (χ1) is 7.36. The molecule has 0 spiro atoms. The van der Waals surface area contributed by atoms with Crippen molar-refractivity contribution < 1.29 is 18.0 Å². The van der Waals surface area contributed by atoms with Crippen LogP contribution in [0.3, 0.4) is 0 Å². The summed E-state index contributed by atoms with van der Waals surface area (Å²) in [5.74, 6) is -1.90. The zero-order chi connectivity index (χ0) is 12.3. The standard InChI is InChI=1S/C10H11F3N2O/c1-15(9(16)10(11,12)13)8-4-2-3-7(5-8)6-14/h2-5H,6,14H2,1H3. The number of nitrogens with zero attached hydrogens (tertiary/aromatic N) is 1. The first-order valence-electron chi connectivity index (χ1n) is 4.50. The van der Waals surface area contributed by atoms with Crippen molar-refractivity contribution in [1.29, 1.82) is 0 Å². The quantitative estimate of drug-likeness (QED) is 0.843. The molecule has 16 heavy (non-hydrogen) atoms. The number of rotatable bonds is 2. The predicted octanol–water partition coefficient (Wildman–Crippen LogP) is 1.67. The zero-order valence-electron chi connectivity index (χ0n) is 8.58. The van der Waals surface area contributed by atoms with Gasteiger partial charge in [-0.05, 0) is 17.7 Å². The van der Waals surface area contributed by atoms with Crippen molar-refractivity contribution in [2.24, 2.45) is 5.73 Å². The van der Waals surface area contributed by atoms with Gasteiger partial charge in [-0.3, -0.25) is 4.79 Å². The van der Waals surface area contributed by atoms with Crippen molar-refractivity contribution in [3.8, 4) is 0 Å². The van der Waals surface area contributed by atoms with Crippen molar-refractivity contribution in [3.05, 3.63) is 29.8 Å². The Morgan fingerprint density at radius 2 is 2.06 bits per heavy atom. The Bertz CT molecular complexity index is 390. The van der Waals surface area contributed by atoms with Gasteiger partial charge in [0.05, 0.1) is 0 Å². The van der Waals surface area contributed by atoms with Gasteiger partial charge in [0.1, 0.15) is 0 Å².